The summed E-state index contributed by atoms with van der Waals surface area (Å²) in [6.45, 7) is 11.8. The molecule has 0 spiro atoms. The molecule has 2 rings (SSSR count). The van der Waals surface area contributed by atoms with Crippen molar-refractivity contribution >= 4 is 5.91 Å². The van der Waals surface area contributed by atoms with E-state index >= 15 is 0 Å². The molecule has 154 valence electrons. The van der Waals surface area contributed by atoms with Crippen LogP contribution in [-0.2, 0) is 13.1 Å². The smallest absolute Gasteiger partial charge is 0.275 e. The van der Waals surface area contributed by atoms with Gasteiger partial charge in [0.15, 0.2) is 5.69 Å². The fourth-order valence-electron chi connectivity index (χ4n) is 2.96. The Morgan fingerprint density at radius 3 is 2.39 bits per heavy atom. The van der Waals surface area contributed by atoms with Crippen LogP contribution in [0, 0.1) is 17.6 Å². The summed E-state index contributed by atoms with van der Waals surface area (Å²) >= 11 is 0. The Labute approximate surface area is 165 Å². The molecule has 0 aliphatic heterocycles. The second-order valence-electron chi connectivity index (χ2n) is 7.23. The third kappa shape index (κ3) is 5.38. The largest absolute Gasteiger partial charge is 0.447 e. The monoisotopic (exact) mass is 393 g/mol. The van der Waals surface area contributed by atoms with E-state index in [2.05, 4.69) is 18.8 Å². The third-order valence-corrected chi connectivity index (χ3v) is 5.09. The first-order chi connectivity index (χ1) is 13.3. The van der Waals surface area contributed by atoms with Crippen LogP contribution in [0.2, 0.25) is 0 Å². The van der Waals surface area contributed by atoms with Crippen molar-refractivity contribution < 1.29 is 18.0 Å². The molecule has 0 saturated heterocycles. The first kappa shape index (κ1) is 22.0. The molecule has 1 heterocycles. The highest BCUT2D eigenvalue weighted by Crippen LogP contribution is 2.20. The summed E-state index contributed by atoms with van der Waals surface area (Å²) in [6, 6.07) is 3.69. The minimum absolute atomic E-state index is 0.0956. The van der Waals surface area contributed by atoms with E-state index in [1.54, 1.807) is 4.90 Å². The summed E-state index contributed by atoms with van der Waals surface area (Å²) in [6.07, 6.45) is 1.37. The van der Waals surface area contributed by atoms with Crippen molar-refractivity contribution in [3.05, 3.63) is 53.2 Å². The topological polar surface area (TPSA) is 49.6 Å². The van der Waals surface area contributed by atoms with Gasteiger partial charge >= 0.3 is 0 Å². The Bertz CT molecular complexity index is 788. The van der Waals surface area contributed by atoms with E-state index < -0.39 is 11.6 Å². The summed E-state index contributed by atoms with van der Waals surface area (Å²) in [5.41, 5.74) is 0.670. The van der Waals surface area contributed by atoms with Crippen LogP contribution in [0.5, 0.6) is 0 Å². The Morgan fingerprint density at radius 2 is 1.82 bits per heavy atom. The lowest BCUT2D eigenvalue weighted by atomic mass is 10.0. The molecule has 1 aromatic carbocycles. The summed E-state index contributed by atoms with van der Waals surface area (Å²) < 4.78 is 32.9. The van der Waals surface area contributed by atoms with E-state index in [4.69, 9.17) is 4.42 Å². The molecule has 1 atom stereocenters. The van der Waals surface area contributed by atoms with Crippen molar-refractivity contribution in [2.24, 2.45) is 5.92 Å². The molecule has 2 aromatic rings. The standard InChI is InChI=1S/C21H29F2N3O2/c1-6-25(7-2)21(27)19-13-28-20(24-19)12-26(15(5)14(3)4)11-16-8-9-17(22)10-18(16)23/h8-10,13-15H,6-7,11-12H2,1-5H3. The number of carbonyl (C=O) groups is 1. The van der Waals surface area contributed by atoms with Gasteiger partial charge in [-0.2, -0.15) is 0 Å². The van der Waals surface area contributed by atoms with E-state index in [0.29, 0.717) is 37.0 Å². The normalized spacial score (nSPS) is 12.6. The van der Waals surface area contributed by atoms with Crippen molar-refractivity contribution in [2.45, 2.75) is 53.8 Å². The van der Waals surface area contributed by atoms with Gasteiger partial charge in [-0.1, -0.05) is 19.9 Å². The van der Waals surface area contributed by atoms with Gasteiger partial charge in [0.25, 0.3) is 5.91 Å². The lowest BCUT2D eigenvalue weighted by Gasteiger charge is -2.31. The molecule has 1 aromatic heterocycles. The van der Waals surface area contributed by atoms with Gasteiger partial charge in [-0.05, 0) is 32.8 Å². The van der Waals surface area contributed by atoms with Crippen LogP contribution in [0.3, 0.4) is 0 Å². The summed E-state index contributed by atoms with van der Waals surface area (Å²) in [5, 5.41) is 0. The van der Waals surface area contributed by atoms with Gasteiger partial charge in [0.05, 0.1) is 6.54 Å². The van der Waals surface area contributed by atoms with Gasteiger partial charge in [-0.15, -0.1) is 0 Å². The van der Waals surface area contributed by atoms with Crippen LogP contribution in [0.1, 0.15) is 56.6 Å². The van der Waals surface area contributed by atoms with Crippen LogP contribution in [0.15, 0.2) is 28.9 Å². The van der Waals surface area contributed by atoms with Crippen molar-refractivity contribution in [1.82, 2.24) is 14.8 Å². The second kappa shape index (κ2) is 9.78. The van der Waals surface area contributed by atoms with Crippen molar-refractivity contribution in [1.29, 1.82) is 0 Å². The first-order valence-corrected chi connectivity index (χ1v) is 9.68. The molecular weight excluding hydrogens is 364 g/mol. The molecule has 5 nitrogen and oxygen atoms in total. The Morgan fingerprint density at radius 1 is 1.14 bits per heavy atom. The average Bonchev–Trinajstić information content (AvgIpc) is 3.12. The van der Waals surface area contributed by atoms with Crippen LogP contribution in [-0.4, -0.2) is 39.8 Å². The Balaban J connectivity index is 2.20. The maximum Gasteiger partial charge on any atom is 0.275 e. The van der Waals surface area contributed by atoms with Gasteiger partial charge in [0, 0.05) is 37.3 Å². The average molecular weight is 393 g/mol. The molecule has 0 N–H and O–H groups in total. The Kier molecular flexibility index (Phi) is 7.69. The van der Waals surface area contributed by atoms with E-state index in [0.717, 1.165) is 6.07 Å². The zero-order chi connectivity index (χ0) is 20.8. The highest BCUT2D eigenvalue weighted by Gasteiger charge is 2.23. The molecule has 0 aliphatic carbocycles. The molecular formula is C21H29F2N3O2. The number of benzene rings is 1. The number of halogens is 2. The maximum atomic E-state index is 14.1. The first-order valence-electron chi connectivity index (χ1n) is 9.68. The zero-order valence-electron chi connectivity index (χ0n) is 17.2. The molecule has 0 fully saturated rings. The van der Waals surface area contributed by atoms with E-state index in [1.165, 1.54) is 18.4 Å². The molecule has 0 bridgehead atoms. The Hall–Kier alpha value is -2.28. The fourth-order valence-corrected chi connectivity index (χ4v) is 2.96. The van der Waals surface area contributed by atoms with E-state index in [9.17, 15) is 13.6 Å². The number of aromatic nitrogens is 1. The van der Waals surface area contributed by atoms with Gasteiger partial charge in [-0.25, -0.2) is 13.8 Å². The molecule has 0 aliphatic rings. The van der Waals surface area contributed by atoms with Crippen LogP contribution < -0.4 is 0 Å². The lowest BCUT2D eigenvalue weighted by molar-refractivity contribution is 0.0767. The molecule has 28 heavy (non-hydrogen) atoms. The molecule has 1 amide bonds. The minimum atomic E-state index is -0.600. The van der Waals surface area contributed by atoms with Gasteiger partial charge in [0.2, 0.25) is 5.89 Å². The number of rotatable bonds is 9. The quantitative estimate of drug-likeness (QED) is 0.630. The number of carbonyl (C=O) groups excluding carboxylic acids is 1. The lowest BCUT2D eigenvalue weighted by Crippen LogP contribution is -2.36. The molecule has 7 heteroatoms. The number of amides is 1. The van der Waals surface area contributed by atoms with Crippen LogP contribution >= 0.6 is 0 Å². The molecule has 0 radical (unpaired) electrons. The third-order valence-electron chi connectivity index (χ3n) is 5.09. The van der Waals surface area contributed by atoms with Crippen LogP contribution in [0.4, 0.5) is 8.78 Å². The maximum absolute atomic E-state index is 14.1. The number of oxazole rings is 1. The van der Waals surface area contributed by atoms with Gasteiger partial charge < -0.3 is 9.32 Å². The molecule has 0 saturated carbocycles. The zero-order valence-corrected chi connectivity index (χ0v) is 17.2. The molecule has 1 unspecified atom stereocenters. The minimum Gasteiger partial charge on any atom is -0.447 e. The fraction of sp³-hybridized carbons (Fsp3) is 0.524. The van der Waals surface area contributed by atoms with E-state index in [1.807, 2.05) is 25.7 Å². The predicted octanol–water partition coefficient (Wildman–Crippen LogP) is 4.48. The number of hydrogen-bond acceptors (Lipinski definition) is 4. The van der Waals surface area contributed by atoms with E-state index in [-0.39, 0.29) is 24.2 Å². The number of hydrogen-bond donors (Lipinski definition) is 0. The summed E-state index contributed by atoms with van der Waals surface area (Å²) in [5.74, 6) is -0.656. The highest BCUT2D eigenvalue weighted by molar-refractivity contribution is 5.91. The summed E-state index contributed by atoms with van der Waals surface area (Å²) in [7, 11) is 0. The van der Waals surface area contributed by atoms with Gasteiger partial charge in [0.1, 0.15) is 17.9 Å². The number of nitrogens with zero attached hydrogens (tertiary/aromatic N) is 3. The van der Waals surface area contributed by atoms with Crippen LogP contribution in [0.25, 0.3) is 0 Å². The highest BCUT2D eigenvalue weighted by atomic mass is 19.1. The van der Waals surface area contributed by atoms with Crippen molar-refractivity contribution in [3.63, 3.8) is 0 Å². The summed E-state index contributed by atoms with van der Waals surface area (Å²) in [4.78, 5) is 20.4. The SMILES string of the molecule is CCN(CC)C(=O)c1coc(CN(Cc2ccc(F)cc2F)C(C)C(C)C)n1. The van der Waals surface area contributed by atoms with Crippen molar-refractivity contribution in [2.75, 3.05) is 13.1 Å². The second-order valence-corrected chi connectivity index (χ2v) is 7.23. The van der Waals surface area contributed by atoms with Crippen molar-refractivity contribution in [3.8, 4) is 0 Å². The predicted molar refractivity (Wildman–Crippen MR) is 104 cm³/mol. The van der Waals surface area contributed by atoms with Gasteiger partial charge in [-0.3, -0.25) is 9.69 Å².